The van der Waals surface area contributed by atoms with E-state index < -0.39 is 0 Å². The Kier molecular flexibility index (Phi) is 5.67. The number of halogens is 1. The van der Waals surface area contributed by atoms with Crippen LogP contribution < -0.4 is 11.1 Å². The van der Waals surface area contributed by atoms with E-state index in [4.69, 9.17) is 5.73 Å². The summed E-state index contributed by atoms with van der Waals surface area (Å²) in [5, 5.41) is 3.74. The van der Waals surface area contributed by atoms with Gasteiger partial charge >= 0.3 is 0 Å². The zero-order valence-corrected chi connectivity index (χ0v) is 12.5. The van der Waals surface area contributed by atoms with Crippen molar-refractivity contribution in [3.63, 3.8) is 0 Å². The van der Waals surface area contributed by atoms with E-state index in [2.05, 4.69) is 45.5 Å². The quantitative estimate of drug-likeness (QED) is 0.831. The molecule has 1 aromatic carbocycles. The molecule has 0 spiro atoms. The van der Waals surface area contributed by atoms with E-state index >= 15 is 0 Å². The number of benzene rings is 1. The molecule has 0 amide bonds. The average molecular weight is 311 g/mol. The molecule has 1 atom stereocenters. The van der Waals surface area contributed by atoms with Crippen molar-refractivity contribution in [2.75, 3.05) is 6.54 Å². The summed E-state index contributed by atoms with van der Waals surface area (Å²) in [6.07, 6.45) is 8.08. The second-order valence-corrected chi connectivity index (χ2v) is 6.11. The zero-order valence-electron chi connectivity index (χ0n) is 10.9. The highest BCUT2D eigenvalue weighted by molar-refractivity contribution is 9.10. The third-order valence-corrected chi connectivity index (χ3v) is 4.27. The van der Waals surface area contributed by atoms with Gasteiger partial charge in [-0.2, -0.15) is 0 Å². The summed E-state index contributed by atoms with van der Waals surface area (Å²) in [4.78, 5) is 0. The second-order valence-electron chi connectivity index (χ2n) is 5.20. The lowest BCUT2D eigenvalue weighted by atomic mass is 10.0. The molecule has 2 nitrogen and oxygen atoms in total. The molecule has 3 N–H and O–H groups in total. The van der Waals surface area contributed by atoms with Crippen LogP contribution in [-0.4, -0.2) is 12.6 Å². The lowest BCUT2D eigenvalue weighted by Gasteiger charge is -2.24. The first kappa shape index (κ1) is 14.0. The molecule has 1 aliphatic rings. The fraction of sp³-hybridized carbons (Fsp3) is 0.600. The van der Waals surface area contributed by atoms with E-state index in [1.54, 1.807) is 0 Å². The SMILES string of the molecule is NCC(NC1CCCCCC1)c1cccc(Br)c1. The van der Waals surface area contributed by atoms with Crippen molar-refractivity contribution in [3.8, 4) is 0 Å². The second kappa shape index (κ2) is 7.27. The fourth-order valence-electron chi connectivity index (χ4n) is 2.75. The van der Waals surface area contributed by atoms with Crippen LogP contribution in [0.1, 0.15) is 50.1 Å². The Bertz CT molecular complexity index is 359. The van der Waals surface area contributed by atoms with Gasteiger partial charge in [0.15, 0.2) is 0 Å². The van der Waals surface area contributed by atoms with Crippen molar-refractivity contribution in [3.05, 3.63) is 34.3 Å². The molecular formula is C15H23BrN2. The highest BCUT2D eigenvalue weighted by atomic mass is 79.9. The molecular weight excluding hydrogens is 288 g/mol. The van der Waals surface area contributed by atoms with Crippen LogP contribution in [0.3, 0.4) is 0 Å². The number of hydrogen-bond donors (Lipinski definition) is 2. The highest BCUT2D eigenvalue weighted by Gasteiger charge is 2.17. The van der Waals surface area contributed by atoms with Gasteiger partial charge in [-0.15, -0.1) is 0 Å². The Morgan fingerprint density at radius 3 is 2.56 bits per heavy atom. The molecule has 18 heavy (non-hydrogen) atoms. The molecule has 0 heterocycles. The van der Waals surface area contributed by atoms with Crippen molar-refractivity contribution >= 4 is 15.9 Å². The van der Waals surface area contributed by atoms with Gasteiger partial charge in [-0.3, -0.25) is 0 Å². The van der Waals surface area contributed by atoms with Gasteiger partial charge in [0.05, 0.1) is 0 Å². The number of nitrogens with two attached hydrogens (primary N) is 1. The first-order valence-electron chi connectivity index (χ1n) is 7.01. The molecule has 0 aliphatic heterocycles. The minimum atomic E-state index is 0.283. The lowest BCUT2D eigenvalue weighted by molar-refractivity contribution is 0.402. The topological polar surface area (TPSA) is 38.0 Å². The lowest BCUT2D eigenvalue weighted by Crippen LogP contribution is -2.36. The monoisotopic (exact) mass is 310 g/mol. The average Bonchev–Trinajstić information content (AvgIpc) is 2.64. The normalized spacial score (nSPS) is 19.4. The molecule has 1 fully saturated rings. The first-order chi connectivity index (χ1) is 8.79. The molecule has 1 unspecified atom stereocenters. The van der Waals surface area contributed by atoms with E-state index in [0.29, 0.717) is 12.6 Å². The summed E-state index contributed by atoms with van der Waals surface area (Å²) < 4.78 is 1.13. The summed E-state index contributed by atoms with van der Waals surface area (Å²) in [5.74, 6) is 0. The molecule has 1 aliphatic carbocycles. The molecule has 1 saturated carbocycles. The number of hydrogen-bond acceptors (Lipinski definition) is 2. The highest BCUT2D eigenvalue weighted by Crippen LogP contribution is 2.22. The molecule has 2 rings (SSSR count). The Balaban J connectivity index is 1.99. The van der Waals surface area contributed by atoms with Crippen molar-refractivity contribution in [2.45, 2.75) is 50.6 Å². The van der Waals surface area contributed by atoms with E-state index in [1.165, 1.54) is 44.1 Å². The summed E-state index contributed by atoms with van der Waals surface area (Å²) in [5.41, 5.74) is 7.22. The summed E-state index contributed by atoms with van der Waals surface area (Å²) >= 11 is 3.53. The predicted molar refractivity (Wildman–Crippen MR) is 80.6 cm³/mol. The molecule has 1 aromatic rings. The van der Waals surface area contributed by atoms with Gasteiger partial charge in [0, 0.05) is 23.1 Å². The van der Waals surface area contributed by atoms with Crippen molar-refractivity contribution in [2.24, 2.45) is 5.73 Å². The molecule has 3 heteroatoms. The minimum Gasteiger partial charge on any atom is -0.329 e. The maximum Gasteiger partial charge on any atom is 0.0447 e. The third-order valence-electron chi connectivity index (χ3n) is 3.78. The first-order valence-corrected chi connectivity index (χ1v) is 7.80. The van der Waals surface area contributed by atoms with Crippen LogP contribution in [0.2, 0.25) is 0 Å². The van der Waals surface area contributed by atoms with Gasteiger partial charge in [-0.1, -0.05) is 53.7 Å². The van der Waals surface area contributed by atoms with Gasteiger partial charge in [0.25, 0.3) is 0 Å². The molecule has 0 bridgehead atoms. The van der Waals surface area contributed by atoms with E-state index in [0.717, 1.165) is 4.47 Å². The summed E-state index contributed by atoms with van der Waals surface area (Å²) in [6, 6.07) is 9.39. The Morgan fingerprint density at radius 1 is 1.22 bits per heavy atom. The molecule has 0 radical (unpaired) electrons. The van der Waals surface area contributed by atoms with Gasteiger partial charge in [0.1, 0.15) is 0 Å². The van der Waals surface area contributed by atoms with E-state index in [-0.39, 0.29) is 6.04 Å². The van der Waals surface area contributed by atoms with Gasteiger partial charge < -0.3 is 11.1 Å². The number of rotatable bonds is 4. The third kappa shape index (κ3) is 4.08. The zero-order chi connectivity index (χ0) is 12.8. The summed E-state index contributed by atoms with van der Waals surface area (Å²) in [7, 11) is 0. The smallest absolute Gasteiger partial charge is 0.0447 e. The van der Waals surface area contributed by atoms with Gasteiger partial charge in [-0.05, 0) is 30.5 Å². The Labute approximate surface area is 118 Å². The maximum atomic E-state index is 5.93. The molecule has 0 saturated heterocycles. The van der Waals surface area contributed by atoms with E-state index in [9.17, 15) is 0 Å². The molecule has 0 aromatic heterocycles. The van der Waals surface area contributed by atoms with Gasteiger partial charge in [0.2, 0.25) is 0 Å². The maximum absolute atomic E-state index is 5.93. The fourth-order valence-corrected chi connectivity index (χ4v) is 3.17. The van der Waals surface area contributed by atoms with Gasteiger partial charge in [-0.25, -0.2) is 0 Å². The van der Waals surface area contributed by atoms with Crippen LogP contribution >= 0.6 is 15.9 Å². The number of nitrogens with one attached hydrogen (secondary N) is 1. The largest absolute Gasteiger partial charge is 0.329 e. The predicted octanol–water partition coefficient (Wildman–Crippen LogP) is 3.76. The van der Waals surface area contributed by atoms with Crippen LogP contribution in [0.25, 0.3) is 0 Å². The van der Waals surface area contributed by atoms with Crippen molar-refractivity contribution in [1.29, 1.82) is 0 Å². The minimum absolute atomic E-state index is 0.283. The van der Waals surface area contributed by atoms with Crippen molar-refractivity contribution < 1.29 is 0 Å². The van der Waals surface area contributed by atoms with Crippen molar-refractivity contribution in [1.82, 2.24) is 5.32 Å². The molecule has 100 valence electrons. The van der Waals surface area contributed by atoms with Crippen LogP contribution in [0.4, 0.5) is 0 Å². The van der Waals surface area contributed by atoms with Crippen LogP contribution in [0.15, 0.2) is 28.7 Å². The Hall–Kier alpha value is -0.380. The van der Waals surface area contributed by atoms with E-state index in [1.807, 2.05) is 0 Å². The standard InChI is InChI=1S/C15H23BrN2/c16-13-7-5-6-12(10-13)15(11-17)18-14-8-3-1-2-4-9-14/h5-7,10,14-15,18H,1-4,8-9,11,17H2. The Morgan fingerprint density at radius 2 is 1.94 bits per heavy atom. The van der Waals surface area contributed by atoms with Crippen LogP contribution in [0.5, 0.6) is 0 Å². The summed E-state index contributed by atoms with van der Waals surface area (Å²) in [6.45, 7) is 0.660. The van der Waals surface area contributed by atoms with Crippen LogP contribution in [-0.2, 0) is 0 Å². The van der Waals surface area contributed by atoms with Crippen LogP contribution in [0, 0.1) is 0 Å².